The van der Waals surface area contributed by atoms with Crippen molar-refractivity contribution in [3.8, 4) is 5.75 Å². The smallest absolute Gasteiger partial charge is 0.167 e. The molecule has 0 saturated heterocycles. The molecule has 0 spiro atoms. The van der Waals surface area contributed by atoms with E-state index in [1.807, 2.05) is 24.3 Å². The Kier molecular flexibility index (Phi) is 4.74. The number of rotatable bonds is 5. The van der Waals surface area contributed by atoms with Gasteiger partial charge in [0.2, 0.25) is 0 Å². The van der Waals surface area contributed by atoms with E-state index in [0.29, 0.717) is 6.54 Å². The lowest BCUT2D eigenvalue weighted by Gasteiger charge is -2.10. The van der Waals surface area contributed by atoms with Gasteiger partial charge in [-0.2, -0.15) is 0 Å². The van der Waals surface area contributed by atoms with E-state index < -0.39 is 11.6 Å². The molecule has 0 bridgehead atoms. The molecule has 0 aliphatic heterocycles. The highest BCUT2D eigenvalue weighted by atomic mass is 79.9. The van der Waals surface area contributed by atoms with Crippen LogP contribution in [0.5, 0.6) is 5.75 Å². The second-order valence-electron chi connectivity index (χ2n) is 3.83. The maximum absolute atomic E-state index is 13.3. The van der Waals surface area contributed by atoms with E-state index in [-0.39, 0.29) is 12.4 Å². The van der Waals surface area contributed by atoms with Crippen molar-refractivity contribution in [2.45, 2.75) is 0 Å². The molecule has 2 nitrogen and oxygen atoms in total. The minimum absolute atomic E-state index is 0.0512. The first-order valence-corrected chi connectivity index (χ1v) is 6.52. The highest BCUT2D eigenvalue weighted by Gasteiger charge is 2.04. The van der Waals surface area contributed by atoms with E-state index in [2.05, 4.69) is 21.2 Å². The Balaban J connectivity index is 1.83. The molecule has 0 aliphatic rings. The van der Waals surface area contributed by atoms with Gasteiger partial charge in [-0.1, -0.05) is 12.1 Å². The minimum atomic E-state index is -0.694. The van der Waals surface area contributed by atoms with E-state index in [1.54, 1.807) is 0 Å². The zero-order valence-corrected chi connectivity index (χ0v) is 11.6. The molecular weight excluding hydrogens is 316 g/mol. The van der Waals surface area contributed by atoms with Gasteiger partial charge in [0.25, 0.3) is 0 Å². The molecule has 0 unspecified atom stereocenters. The summed E-state index contributed by atoms with van der Waals surface area (Å²) in [5.41, 5.74) is 0.936. The summed E-state index contributed by atoms with van der Waals surface area (Å²) >= 11 is 3.41. The summed E-state index contributed by atoms with van der Waals surface area (Å²) in [6.07, 6.45) is 0. The Morgan fingerprint density at radius 3 is 2.63 bits per heavy atom. The van der Waals surface area contributed by atoms with Crippen LogP contribution in [0.15, 0.2) is 46.9 Å². The Labute approximate surface area is 118 Å². The second-order valence-corrected chi connectivity index (χ2v) is 4.68. The first-order chi connectivity index (χ1) is 9.16. The minimum Gasteiger partial charge on any atom is -0.489 e. The molecule has 0 aromatic heterocycles. The first-order valence-electron chi connectivity index (χ1n) is 5.73. The third-order valence-corrected chi connectivity index (χ3v) is 3.13. The van der Waals surface area contributed by atoms with Gasteiger partial charge < -0.3 is 10.1 Å². The third kappa shape index (κ3) is 3.92. The Bertz CT molecular complexity index is 563. The van der Waals surface area contributed by atoms with Gasteiger partial charge in [0.05, 0.1) is 0 Å². The molecule has 100 valence electrons. The average Bonchev–Trinajstić information content (AvgIpc) is 2.38. The molecule has 2 aromatic carbocycles. The number of benzene rings is 2. The number of nitrogens with one attached hydrogen (secondary N) is 1. The molecule has 0 aliphatic carbocycles. The molecule has 0 radical (unpaired) electrons. The Morgan fingerprint density at radius 2 is 1.89 bits per heavy atom. The molecule has 0 amide bonds. The Hall–Kier alpha value is -1.62. The molecule has 0 atom stereocenters. The van der Waals surface area contributed by atoms with Gasteiger partial charge >= 0.3 is 0 Å². The predicted molar refractivity (Wildman–Crippen MR) is 74.5 cm³/mol. The predicted octanol–water partition coefficient (Wildman–Crippen LogP) is 4.22. The molecule has 2 rings (SSSR count). The summed E-state index contributed by atoms with van der Waals surface area (Å²) in [5, 5.41) is 3.15. The normalized spacial score (nSPS) is 10.3. The number of para-hydroxylation sites is 1. The van der Waals surface area contributed by atoms with Crippen LogP contribution in [-0.2, 0) is 0 Å². The molecule has 0 fully saturated rings. The van der Waals surface area contributed by atoms with Gasteiger partial charge in [-0.15, -0.1) is 0 Å². The lowest BCUT2D eigenvalue weighted by atomic mass is 10.3. The van der Waals surface area contributed by atoms with Crippen molar-refractivity contribution in [3.63, 3.8) is 0 Å². The highest BCUT2D eigenvalue weighted by molar-refractivity contribution is 9.10. The molecule has 1 N–H and O–H groups in total. The maximum Gasteiger partial charge on any atom is 0.167 e. The van der Waals surface area contributed by atoms with Crippen LogP contribution in [0.2, 0.25) is 0 Å². The second kappa shape index (κ2) is 6.52. The average molecular weight is 328 g/mol. The van der Waals surface area contributed by atoms with Crippen LogP contribution < -0.4 is 10.1 Å². The van der Waals surface area contributed by atoms with Gasteiger partial charge in [-0.3, -0.25) is 0 Å². The van der Waals surface area contributed by atoms with E-state index in [1.165, 1.54) is 12.1 Å². The van der Waals surface area contributed by atoms with Gasteiger partial charge in [0.15, 0.2) is 11.6 Å². The largest absolute Gasteiger partial charge is 0.489 e. The van der Waals surface area contributed by atoms with Crippen LogP contribution in [0.1, 0.15) is 0 Å². The Morgan fingerprint density at radius 1 is 1.11 bits per heavy atom. The summed E-state index contributed by atoms with van der Waals surface area (Å²) in [6, 6.07) is 10.9. The summed E-state index contributed by atoms with van der Waals surface area (Å²) in [4.78, 5) is 0. The number of hydrogen-bond acceptors (Lipinski definition) is 2. The lowest BCUT2D eigenvalue weighted by Crippen LogP contribution is -2.12. The van der Waals surface area contributed by atoms with Crippen molar-refractivity contribution in [1.82, 2.24) is 0 Å². The van der Waals surface area contributed by atoms with Crippen LogP contribution in [0.25, 0.3) is 0 Å². The topological polar surface area (TPSA) is 21.3 Å². The van der Waals surface area contributed by atoms with Crippen molar-refractivity contribution in [2.75, 3.05) is 18.5 Å². The van der Waals surface area contributed by atoms with E-state index in [9.17, 15) is 8.78 Å². The highest BCUT2D eigenvalue weighted by Crippen LogP contribution is 2.21. The molecule has 5 heteroatoms. The van der Waals surface area contributed by atoms with Gasteiger partial charge in [0.1, 0.15) is 12.4 Å². The zero-order valence-electron chi connectivity index (χ0n) is 10.00. The molecular formula is C14H12BrF2NO. The van der Waals surface area contributed by atoms with Crippen LogP contribution in [0.3, 0.4) is 0 Å². The monoisotopic (exact) mass is 327 g/mol. The molecule has 2 aromatic rings. The van der Waals surface area contributed by atoms with Crippen molar-refractivity contribution in [2.24, 2.45) is 0 Å². The third-order valence-electron chi connectivity index (χ3n) is 2.44. The van der Waals surface area contributed by atoms with Crippen LogP contribution in [0.4, 0.5) is 14.5 Å². The van der Waals surface area contributed by atoms with E-state index in [0.717, 1.165) is 16.2 Å². The number of hydrogen-bond donors (Lipinski definition) is 1. The number of anilines is 1. The van der Waals surface area contributed by atoms with E-state index >= 15 is 0 Å². The van der Waals surface area contributed by atoms with Crippen molar-refractivity contribution < 1.29 is 13.5 Å². The quantitative estimate of drug-likeness (QED) is 0.830. The van der Waals surface area contributed by atoms with Gasteiger partial charge in [-0.25, -0.2) is 8.78 Å². The summed E-state index contributed by atoms with van der Waals surface area (Å²) in [6.45, 7) is 0.795. The fraction of sp³-hybridized carbons (Fsp3) is 0.143. The van der Waals surface area contributed by atoms with Crippen molar-refractivity contribution >= 4 is 21.6 Å². The summed E-state index contributed by atoms with van der Waals surface area (Å²) < 4.78 is 32.1. The lowest BCUT2D eigenvalue weighted by molar-refractivity contribution is 0.314. The van der Waals surface area contributed by atoms with E-state index in [4.69, 9.17) is 4.74 Å². The number of halogens is 3. The van der Waals surface area contributed by atoms with Gasteiger partial charge in [0, 0.05) is 22.8 Å². The van der Waals surface area contributed by atoms with Crippen LogP contribution in [-0.4, -0.2) is 13.2 Å². The number of ether oxygens (including phenoxy) is 1. The molecule has 0 heterocycles. The van der Waals surface area contributed by atoms with Crippen molar-refractivity contribution in [1.29, 1.82) is 0 Å². The fourth-order valence-corrected chi connectivity index (χ4v) is 1.97. The SMILES string of the molecule is Fc1ccc(OCCNc2ccccc2Br)c(F)c1. The van der Waals surface area contributed by atoms with Crippen molar-refractivity contribution in [3.05, 3.63) is 58.6 Å². The summed E-state index contributed by atoms with van der Waals surface area (Å²) in [7, 11) is 0. The molecule has 19 heavy (non-hydrogen) atoms. The first kappa shape index (κ1) is 13.8. The summed E-state index contributed by atoms with van der Waals surface area (Å²) in [5.74, 6) is -1.26. The maximum atomic E-state index is 13.3. The molecule has 0 saturated carbocycles. The van der Waals surface area contributed by atoms with Gasteiger partial charge in [-0.05, 0) is 40.2 Å². The standard InChI is InChI=1S/C14H12BrF2NO/c15-11-3-1-2-4-13(11)18-7-8-19-14-6-5-10(16)9-12(14)17/h1-6,9,18H,7-8H2. The van der Waals surface area contributed by atoms with Crippen LogP contribution >= 0.6 is 15.9 Å². The van der Waals surface area contributed by atoms with Crippen LogP contribution in [0, 0.1) is 11.6 Å². The fourth-order valence-electron chi connectivity index (χ4n) is 1.54. The zero-order chi connectivity index (χ0) is 13.7.